The third kappa shape index (κ3) is 3.89. The van der Waals surface area contributed by atoms with Gasteiger partial charge in [0.25, 0.3) is 0 Å². The largest absolute Gasteiger partial charge is 0.507 e. The highest BCUT2D eigenvalue weighted by molar-refractivity contribution is 5.92. The fourth-order valence-corrected chi connectivity index (χ4v) is 2.20. The number of phenols is 1. The first kappa shape index (κ1) is 16.4. The fourth-order valence-electron chi connectivity index (χ4n) is 2.20. The van der Waals surface area contributed by atoms with Crippen LogP contribution >= 0.6 is 0 Å². The van der Waals surface area contributed by atoms with Crippen LogP contribution in [-0.4, -0.2) is 23.2 Å². The van der Waals surface area contributed by atoms with Crippen molar-refractivity contribution in [1.29, 1.82) is 0 Å². The molecule has 1 N–H and O–H groups in total. The number of aromatic nitrogens is 1. The van der Waals surface area contributed by atoms with Crippen LogP contribution in [0.4, 0.5) is 5.69 Å². The molecule has 0 fully saturated rings. The summed E-state index contributed by atoms with van der Waals surface area (Å²) in [6.45, 7) is 0.272. The number of ether oxygens (including phenoxy) is 1. The van der Waals surface area contributed by atoms with Gasteiger partial charge in [0, 0.05) is 5.56 Å². The molecule has 0 aliphatic rings. The van der Waals surface area contributed by atoms with Crippen molar-refractivity contribution >= 4 is 11.7 Å². The number of carbonyl (C=O) groups is 1. The smallest absolute Gasteiger partial charge is 0.341 e. The number of hydrogen-bond acceptors (Lipinski definition) is 7. The van der Waals surface area contributed by atoms with Gasteiger partial charge in [-0.15, -0.1) is 0 Å². The van der Waals surface area contributed by atoms with Crippen LogP contribution in [0.3, 0.4) is 0 Å². The molecule has 1 heterocycles. The molecule has 3 aromatic rings. The van der Waals surface area contributed by atoms with Crippen molar-refractivity contribution in [3.05, 3.63) is 66.2 Å². The summed E-state index contributed by atoms with van der Waals surface area (Å²) < 4.78 is 9.85. The zero-order chi connectivity index (χ0) is 17.6. The maximum Gasteiger partial charge on any atom is 0.341 e. The molecule has 2 aromatic carbocycles. The summed E-state index contributed by atoms with van der Waals surface area (Å²) in [6, 6.07) is 12.0. The molecule has 1 aromatic heterocycles. The van der Waals surface area contributed by atoms with Crippen LogP contribution in [0.15, 0.2) is 69.7 Å². The molecule has 0 atom stereocenters. The Balaban J connectivity index is 1.68. The first-order chi connectivity index (χ1) is 12.2. The molecule has 0 spiro atoms. The minimum absolute atomic E-state index is 0.103. The maximum atomic E-state index is 11.6. The molecule has 0 unspecified atom stereocenters. The minimum atomic E-state index is -0.598. The lowest BCUT2D eigenvalue weighted by atomic mass is 10.1. The van der Waals surface area contributed by atoms with Gasteiger partial charge in [-0.05, 0) is 42.0 Å². The number of methoxy groups -OCH3 is 1. The number of hydrogen-bond donors (Lipinski definition) is 1. The second-order valence-corrected chi connectivity index (χ2v) is 5.16. The van der Waals surface area contributed by atoms with Crippen molar-refractivity contribution in [3.63, 3.8) is 0 Å². The summed E-state index contributed by atoms with van der Waals surface area (Å²) in [5.41, 5.74) is 2.43. The van der Waals surface area contributed by atoms with E-state index in [0.717, 1.165) is 11.1 Å². The Labute approximate surface area is 143 Å². The van der Waals surface area contributed by atoms with Gasteiger partial charge >= 0.3 is 5.97 Å². The molecule has 126 valence electrons. The number of esters is 1. The Hall–Kier alpha value is -3.48. The van der Waals surface area contributed by atoms with Gasteiger partial charge in [-0.25, -0.2) is 9.78 Å². The Kier molecular flexibility index (Phi) is 4.84. The van der Waals surface area contributed by atoms with E-state index < -0.39 is 5.97 Å². The molecular formula is C18H15N3O4. The average molecular weight is 337 g/mol. The number of benzene rings is 2. The predicted molar refractivity (Wildman–Crippen MR) is 89.6 cm³/mol. The lowest BCUT2D eigenvalue weighted by molar-refractivity contribution is 0.0597. The van der Waals surface area contributed by atoms with Gasteiger partial charge in [0.15, 0.2) is 12.2 Å². The van der Waals surface area contributed by atoms with Crippen LogP contribution < -0.4 is 0 Å². The van der Waals surface area contributed by atoms with Crippen molar-refractivity contribution in [2.24, 2.45) is 10.2 Å². The molecule has 0 amide bonds. The van der Waals surface area contributed by atoms with E-state index >= 15 is 0 Å². The summed E-state index contributed by atoms with van der Waals surface area (Å²) in [4.78, 5) is 15.4. The first-order valence-corrected chi connectivity index (χ1v) is 7.44. The van der Waals surface area contributed by atoms with Crippen LogP contribution in [-0.2, 0) is 11.3 Å². The van der Waals surface area contributed by atoms with Crippen molar-refractivity contribution in [2.45, 2.75) is 6.54 Å². The topological polar surface area (TPSA) is 97.3 Å². The second kappa shape index (κ2) is 7.39. The lowest BCUT2D eigenvalue weighted by Crippen LogP contribution is -2.02. The highest BCUT2D eigenvalue weighted by atomic mass is 16.5. The highest BCUT2D eigenvalue weighted by Gasteiger charge is 2.11. The van der Waals surface area contributed by atoms with Gasteiger partial charge in [-0.3, -0.25) is 0 Å². The van der Waals surface area contributed by atoms with Gasteiger partial charge in [0.1, 0.15) is 11.3 Å². The molecule has 0 saturated heterocycles. The van der Waals surface area contributed by atoms with Crippen LogP contribution in [0.25, 0.3) is 11.3 Å². The number of azo groups is 1. The summed E-state index contributed by atoms with van der Waals surface area (Å²) in [6.07, 6.45) is 3.02. The number of rotatable bonds is 5. The summed E-state index contributed by atoms with van der Waals surface area (Å²) in [7, 11) is 1.26. The molecule has 0 radical (unpaired) electrons. The van der Waals surface area contributed by atoms with E-state index in [1.165, 1.54) is 25.6 Å². The van der Waals surface area contributed by atoms with Crippen LogP contribution in [0, 0.1) is 0 Å². The molecule has 7 heteroatoms. The number of carbonyl (C=O) groups excluding carboxylic acids is 1. The van der Waals surface area contributed by atoms with Crippen LogP contribution in [0.1, 0.15) is 15.9 Å². The Morgan fingerprint density at radius 2 is 2.04 bits per heavy atom. The summed E-state index contributed by atoms with van der Waals surface area (Å²) in [5.74, 6) is -0.0437. The van der Waals surface area contributed by atoms with Crippen LogP contribution in [0.5, 0.6) is 5.75 Å². The van der Waals surface area contributed by atoms with Crippen molar-refractivity contribution < 1.29 is 19.1 Å². The third-order valence-electron chi connectivity index (χ3n) is 3.49. The van der Waals surface area contributed by atoms with E-state index in [2.05, 4.69) is 19.9 Å². The molecule has 0 bridgehead atoms. The van der Waals surface area contributed by atoms with E-state index in [-0.39, 0.29) is 17.9 Å². The van der Waals surface area contributed by atoms with Gasteiger partial charge in [-0.1, -0.05) is 6.07 Å². The van der Waals surface area contributed by atoms with E-state index in [0.29, 0.717) is 11.4 Å². The van der Waals surface area contributed by atoms with E-state index in [4.69, 9.17) is 4.42 Å². The van der Waals surface area contributed by atoms with Gasteiger partial charge < -0.3 is 14.3 Å². The minimum Gasteiger partial charge on any atom is -0.507 e. The number of oxazole rings is 1. The van der Waals surface area contributed by atoms with E-state index in [1.807, 2.05) is 24.3 Å². The maximum absolute atomic E-state index is 11.6. The molecule has 3 rings (SSSR count). The van der Waals surface area contributed by atoms with Gasteiger partial charge in [-0.2, -0.15) is 10.2 Å². The van der Waals surface area contributed by atoms with E-state index in [9.17, 15) is 9.90 Å². The quantitative estimate of drug-likeness (QED) is 0.558. The van der Waals surface area contributed by atoms with Gasteiger partial charge in [0.05, 0.1) is 25.5 Å². The van der Waals surface area contributed by atoms with Crippen LogP contribution in [0.2, 0.25) is 0 Å². The standard InChI is InChI=1S/C18H15N3O4/c1-24-18(23)15-8-12(2-7-16(15)22)9-20-21-14-5-3-13(4-6-14)17-10-19-11-25-17/h2-8,10-11,22H,9H2,1H3. The molecule has 0 aliphatic heterocycles. The highest BCUT2D eigenvalue weighted by Crippen LogP contribution is 2.23. The molecule has 0 saturated carbocycles. The first-order valence-electron chi connectivity index (χ1n) is 7.44. The monoisotopic (exact) mass is 337 g/mol. The van der Waals surface area contributed by atoms with Gasteiger partial charge in [0.2, 0.25) is 0 Å². The summed E-state index contributed by atoms with van der Waals surface area (Å²) >= 11 is 0. The Bertz CT molecular complexity index is 887. The molecular weight excluding hydrogens is 322 g/mol. The lowest BCUT2D eigenvalue weighted by Gasteiger charge is -2.04. The average Bonchev–Trinajstić information content (AvgIpc) is 3.18. The molecule has 0 aliphatic carbocycles. The normalized spacial score (nSPS) is 10.9. The zero-order valence-electron chi connectivity index (χ0n) is 13.4. The number of phenolic OH excluding ortho intramolecular Hbond substituents is 1. The Morgan fingerprint density at radius 1 is 1.24 bits per heavy atom. The third-order valence-corrected chi connectivity index (χ3v) is 3.49. The zero-order valence-corrected chi connectivity index (χ0v) is 13.4. The molecule has 25 heavy (non-hydrogen) atoms. The molecule has 7 nitrogen and oxygen atoms in total. The summed E-state index contributed by atoms with van der Waals surface area (Å²) in [5, 5.41) is 17.9. The SMILES string of the molecule is COC(=O)c1cc(CN=Nc2ccc(-c3cnco3)cc2)ccc1O. The van der Waals surface area contributed by atoms with Crippen molar-refractivity contribution in [1.82, 2.24) is 4.98 Å². The second-order valence-electron chi connectivity index (χ2n) is 5.16. The van der Waals surface area contributed by atoms with E-state index in [1.54, 1.807) is 12.3 Å². The van der Waals surface area contributed by atoms with Crippen molar-refractivity contribution in [2.75, 3.05) is 7.11 Å². The predicted octanol–water partition coefficient (Wildman–Crippen LogP) is 4.12. The fraction of sp³-hybridized carbons (Fsp3) is 0.111. The van der Waals surface area contributed by atoms with Crippen molar-refractivity contribution in [3.8, 4) is 17.1 Å². The number of aromatic hydroxyl groups is 1. The number of nitrogens with zero attached hydrogens (tertiary/aromatic N) is 3. The Morgan fingerprint density at radius 3 is 2.72 bits per heavy atom.